The largest absolute Gasteiger partial charge is 0.398 e. The van der Waals surface area contributed by atoms with Gasteiger partial charge in [0.15, 0.2) is 0 Å². The average Bonchev–Trinajstić information content (AvgIpc) is 2.74. The van der Waals surface area contributed by atoms with Crippen molar-refractivity contribution < 1.29 is 4.79 Å². The van der Waals surface area contributed by atoms with Crippen molar-refractivity contribution in [1.29, 1.82) is 0 Å². The maximum atomic E-state index is 11.8. The number of anilines is 2. The van der Waals surface area contributed by atoms with Crippen LogP contribution in [0.4, 0.5) is 11.4 Å². The SMILES string of the molecule is Nc1ccc(Cl)cc1C(=O)Nc1cn[nH]c1. The van der Waals surface area contributed by atoms with E-state index in [-0.39, 0.29) is 5.91 Å². The normalized spacial score (nSPS) is 10.1. The van der Waals surface area contributed by atoms with Crippen LogP contribution in [0.3, 0.4) is 0 Å². The third-order valence-electron chi connectivity index (χ3n) is 2.02. The number of hydrogen-bond donors (Lipinski definition) is 3. The van der Waals surface area contributed by atoms with Crippen molar-refractivity contribution in [2.75, 3.05) is 11.1 Å². The van der Waals surface area contributed by atoms with Crippen LogP contribution in [0.2, 0.25) is 5.02 Å². The fourth-order valence-electron chi connectivity index (χ4n) is 1.24. The number of benzene rings is 1. The third-order valence-corrected chi connectivity index (χ3v) is 2.25. The minimum atomic E-state index is -0.318. The molecule has 82 valence electrons. The number of nitrogens with zero attached hydrogens (tertiary/aromatic N) is 1. The van der Waals surface area contributed by atoms with Crippen molar-refractivity contribution in [3.63, 3.8) is 0 Å². The van der Waals surface area contributed by atoms with E-state index in [0.29, 0.717) is 22.0 Å². The maximum Gasteiger partial charge on any atom is 0.257 e. The zero-order chi connectivity index (χ0) is 11.5. The van der Waals surface area contributed by atoms with Crippen molar-refractivity contribution in [3.8, 4) is 0 Å². The molecule has 1 aromatic carbocycles. The number of rotatable bonds is 2. The van der Waals surface area contributed by atoms with Gasteiger partial charge < -0.3 is 11.1 Å². The van der Waals surface area contributed by atoms with Crippen molar-refractivity contribution in [3.05, 3.63) is 41.2 Å². The maximum absolute atomic E-state index is 11.8. The summed E-state index contributed by atoms with van der Waals surface area (Å²) < 4.78 is 0. The lowest BCUT2D eigenvalue weighted by Gasteiger charge is -2.05. The monoisotopic (exact) mass is 236 g/mol. The highest BCUT2D eigenvalue weighted by Crippen LogP contribution is 2.19. The molecular weight excluding hydrogens is 228 g/mol. The minimum Gasteiger partial charge on any atom is -0.398 e. The van der Waals surface area contributed by atoms with E-state index in [1.54, 1.807) is 18.3 Å². The molecule has 6 heteroatoms. The fraction of sp³-hybridized carbons (Fsp3) is 0. The van der Waals surface area contributed by atoms with Gasteiger partial charge in [0, 0.05) is 16.9 Å². The van der Waals surface area contributed by atoms with Gasteiger partial charge >= 0.3 is 0 Å². The molecule has 0 aliphatic carbocycles. The van der Waals surface area contributed by atoms with Gasteiger partial charge in [0.2, 0.25) is 0 Å². The van der Waals surface area contributed by atoms with Crippen LogP contribution in [0.25, 0.3) is 0 Å². The summed E-state index contributed by atoms with van der Waals surface area (Å²) in [5.41, 5.74) is 6.97. The summed E-state index contributed by atoms with van der Waals surface area (Å²) in [7, 11) is 0. The van der Waals surface area contributed by atoms with Gasteiger partial charge in [-0.2, -0.15) is 5.10 Å². The molecule has 0 radical (unpaired) electrons. The number of carbonyl (C=O) groups excluding carboxylic acids is 1. The molecule has 1 amide bonds. The molecule has 2 rings (SSSR count). The number of carbonyl (C=O) groups is 1. The molecule has 1 aromatic heterocycles. The predicted molar refractivity (Wildman–Crippen MR) is 62.4 cm³/mol. The van der Waals surface area contributed by atoms with Gasteiger partial charge in [-0.3, -0.25) is 9.89 Å². The summed E-state index contributed by atoms with van der Waals surface area (Å²) in [6.07, 6.45) is 3.07. The number of H-pyrrole nitrogens is 1. The molecule has 0 atom stereocenters. The Morgan fingerprint density at radius 1 is 1.50 bits per heavy atom. The van der Waals surface area contributed by atoms with Crippen LogP contribution >= 0.6 is 11.6 Å². The standard InChI is InChI=1S/C10H9ClN4O/c11-6-1-2-9(12)8(3-6)10(16)15-7-4-13-14-5-7/h1-5H,12H2,(H,13,14)(H,15,16). The smallest absolute Gasteiger partial charge is 0.257 e. The molecule has 0 spiro atoms. The predicted octanol–water partition coefficient (Wildman–Crippen LogP) is 1.90. The first-order chi connectivity index (χ1) is 7.66. The van der Waals surface area contributed by atoms with Crippen LogP contribution in [0.5, 0.6) is 0 Å². The lowest BCUT2D eigenvalue weighted by Crippen LogP contribution is -2.13. The Bertz CT molecular complexity index is 510. The van der Waals surface area contributed by atoms with Gasteiger partial charge in [-0.15, -0.1) is 0 Å². The minimum absolute atomic E-state index is 0.318. The molecule has 0 aliphatic heterocycles. The molecular formula is C10H9ClN4O. The molecule has 0 saturated heterocycles. The average molecular weight is 237 g/mol. The number of amides is 1. The Kier molecular flexibility index (Phi) is 2.78. The van der Waals surface area contributed by atoms with Gasteiger partial charge in [-0.25, -0.2) is 0 Å². The highest BCUT2D eigenvalue weighted by molar-refractivity contribution is 6.31. The lowest BCUT2D eigenvalue weighted by molar-refractivity contribution is 0.102. The molecule has 0 unspecified atom stereocenters. The Morgan fingerprint density at radius 2 is 2.31 bits per heavy atom. The first-order valence-electron chi connectivity index (χ1n) is 4.52. The zero-order valence-corrected chi connectivity index (χ0v) is 8.95. The number of nitrogens with one attached hydrogen (secondary N) is 2. The Morgan fingerprint density at radius 3 is 3.00 bits per heavy atom. The van der Waals surface area contributed by atoms with Crippen LogP contribution in [0.15, 0.2) is 30.6 Å². The number of hydrogen-bond acceptors (Lipinski definition) is 3. The van der Waals surface area contributed by atoms with E-state index in [2.05, 4.69) is 15.5 Å². The summed E-state index contributed by atoms with van der Waals surface area (Å²) >= 11 is 5.79. The Balaban J connectivity index is 2.24. The van der Waals surface area contributed by atoms with Gasteiger partial charge in [-0.1, -0.05) is 11.6 Å². The second-order valence-electron chi connectivity index (χ2n) is 3.17. The molecule has 1 heterocycles. The third kappa shape index (κ3) is 2.14. The van der Waals surface area contributed by atoms with Gasteiger partial charge in [0.25, 0.3) is 5.91 Å². The van der Waals surface area contributed by atoms with Gasteiger partial charge in [0.1, 0.15) is 0 Å². The van der Waals surface area contributed by atoms with E-state index in [1.807, 2.05) is 0 Å². The fourth-order valence-corrected chi connectivity index (χ4v) is 1.41. The molecule has 16 heavy (non-hydrogen) atoms. The van der Waals surface area contributed by atoms with Crippen LogP contribution in [-0.4, -0.2) is 16.1 Å². The summed E-state index contributed by atoms with van der Waals surface area (Å²) in [4.78, 5) is 11.8. The van der Waals surface area contributed by atoms with Crippen LogP contribution in [0, 0.1) is 0 Å². The number of nitrogen functional groups attached to an aromatic ring is 1. The van der Waals surface area contributed by atoms with Crippen molar-refractivity contribution in [2.24, 2.45) is 0 Å². The summed E-state index contributed by atoms with van der Waals surface area (Å²) in [5.74, 6) is -0.318. The van der Waals surface area contributed by atoms with Gasteiger partial charge in [-0.05, 0) is 18.2 Å². The van der Waals surface area contributed by atoms with Gasteiger partial charge in [0.05, 0.1) is 17.4 Å². The van der Waals surface area contributed by atoms with Crippen molar-refractivity contribution >= 4 is 28.9 Å². The van der Waals surface area contributed by atoms with Crippen LogP contribution in [0.1, 0.15) is 10.4 Å². The summed E-state index contributed by atoms with van der Waals surface area (Å²) in [5, 5.41) is 9.40. The van der Waals surface area contributed by atoms with Crippen LogP contribution < -0.4 is 11.1 Å². The van der Waals surface area contributed by atoms with E-state index < -0.39 is 0 Å². The highest BCUT2D eigenvalue weighted by atomic mass is 35.5. The molecule has 4 N–H and O–H groups in total. The molecule has 0 bridgehead atoms. The van der Waals surface area contributed by atoms with E-state index in [4.69, 9.17) is 17.3 Å². The number of nitrogens with two attached hydrogens (primary N) is 1. The molecule has 5 nitrogen and oxygen atoms in total. The Hall–Kier alpha value is -2.01. The van der Waals surface area contributed by atoms with Crippen molar-refractivity contribution in [2.45, 2.75) is 0 Å². The summed E-state index contributed by atoms with van der Waals surface area (Å²) in [6.45, 7) is 0. The van der Waals surface area contributed by atoms with E-state index in [9.17, 15) is 4.79 Å². The number of aromatic amines is 1. The Labute approximate surface area is 96.6 Å². The van der Waals surface area contributed by atoms with E-state index in [0.717, 1.165) is 0 Å². The second-order valence-corrected chi connectivity index (χ2v) is 3.61. The highest BCUT2D eigenvalue weighted by Gasteiger charge is 2.10. The second kappa shape index (κ2) is 4.24. The zero-order valence-electron chi connectivity index (χ0n) is 8.20. The molecule has 0 fully saturated rings. The lowest BCUT2D eigenvalue weighted by atomic mass is 10.1. The van der Waals surface area contributed by atoms with Crippen molar-refractivity contribution in [1.82, 2.24) is 10.2 Å². The van der Waals surface area contributed by atoms with E-state index >= 15 is 0 Å². The first-order valence-corrected chi connectivity index (χ1v) is 4.90. The topological polar surface area (TPSA) is 83.8 Å². The van der Waals surface area contributed by atoms with Crippen LogP contribution in [-0.2, 0) is 0 Å². The van der Waals surface area contributed by atoms with E-state index in [1.165, 1.54) is 12.3 Å². The molecule has 2 aromatic rings. The molecule has 0 saturated carbocycles. The summed E-state index contributed by atoms with van der Waals surface area (Å²) in [6, 6.07) is 4.74. The quantitative estimate of drug-likeness (QED) is 0.697. The molecule has 0 aliphatic rings. The first kappa shape index (κ1) is 10.5. The number of halogens is 1. The number of aromatic nitrogens is 2.